The van der Waals surface area contributed by atoms with Crippen molar-refractivity contribution in [2.24, 2.45) is 0 Å². The lowest BCUT2D eigenvalue weighted by atomic mass is 10.0. The van der Waals surface area contributed by atoms with Gasteiger partial charge in [0, 0.05) is 18.3 Å². The second-order valence-corrected chi connectivity index (χ2v) is 8.35. The molecule has 1 heterocycles. The maximum Gasteiger partial charge on any atom is 0.238 e. The van der Waals surface area contributed by atoms with Crippen molar-refractivity contribution in [1.29, 1.82) is 0 Å². The number of amides is 1. The monoisotopic (exact) mass is 394 g/mol. The predicted octanol–water partition coefficient (Wildman–Crippen LogP) is 4.72. The summed E-state index contributed by atoms with van der Waals surface area (Å²) in [5.41, 5.74) is 5.53. The van der Waals surface area contributed by atoms with E-state index in [1.54, 1.807) is 0 Å². The minimum atomic E-state index is 0.0488. The van der Waals surface area contributed by atoms with E-state index in [0.29, 0.717) is 12.6 Å². The minimum absolute atomic E-state index is 0.0488. The molecule has 1 N–H and O–H groups in total. The fraction of sp³-hybridized carbons (Fsp3) is 0.458. The Hall–Kier alpha value is -2.53. The minimum Gasteiger partial charge on any atom is -0.454 e. The molecule has 0 unspecified atom stereocenters. The zero-order valence-corrected chi connectivity index (χ0v) is 17.6. The van der Waals surface area contributed by atoms with Crippen molar-refractivity contribution in [2.75, 3.05) is 18.7 Å². The molecular formula is C24H30N2O3. The molecular weight excluding hydrogens is 364 g/mol. The quantitative estimate of drug-likeness (QED) is 0.770. The molecule has 2 aromatic carbocycles. The zero-order valence-electron chi connectivity index (χ0n) is 17.6. The second kappa shape index (κ2) is 8.46. The summed E-state index contributed by atoms with van der Waals surface area (Å²) in [5, 5.41) is 3.16. The molecule has 0 saturated heterocycles. The number of carbonyl (C=O) groups excluding carboxylic acids is 1. The Morgan fingerprint density at radius 3 is 2.45 bits per heavy atom. The number of nitrogens with zero attached hydrogens (tertiary/aromatic N) is 1. The number of nitrogens with one attached hydrogen (secondary N) is 1. The first-order valence-electron chi connectivity index (χ1n) is 10.5. The van der Waals surface area contributed by atoms with E-state index < -0.39 is 0 Å². The van der Waals surface area contributed by atoms with Crippen LogP contribution in [0.1, 0.15) is 47.9 Å². The normalized spacial score (nSPS) is 15.9. The topological polar surface area (TPSA) is 50.8 Å². The Labute approximate surface area is 173 Å². The highest BCUT2D eigenvalue weighted by molar-refractivity contribution is 5.93. The summed E-state index contributed by atoms with van der Waals surface area (Å²) in [6.07, 6.45) is 4.78. The Morgan fingerprint density at radius 1 is 1.03 bits per heavy atom. The highest BCUT2D eigenvalue weighted by atomic mass is 16.7. The third-order valence-corrected chi connectivity index (χ3v) is 5.95. The molecule has 29 heavy (non-hydrogen) atoms. The smallest absolute Gasteiger partial charge is 0.238 e. The lowest BCUT2D eigenvalue weighted by Gasteiger charge is -2.28. The largest absolute Gasteiger partial charge is 0.454 e. The lowest BCUT2D eigenvalue weighted by Crippen LogP contribution is -2.39. The van der Waals surface area contributed by atoms with Crippen molar-refractivity contribution < 1.29 is 14.3 Å². The first-order chi connectivity index (χ1) is 14.0. The summed E-state index contributed by atoms with van der Waals surface area (Å²) in [6.45, 7) is 7.60. The molecule has 0 atom stereocenters. The van der Waals surface area contributed by atoms with Crippen LogP contribution in [0.2, 0.25) is 0 Å². The number of hydrogen-bond acceptors (Lipinski definition) is 4. The molecule has 1 aliphatic heterocycles. The van der Waals surface area contributed by atoms with Crippen LogP contribution < -0.4 is 14.8 Å². The van der Waals surface area contributed by atoms with E-state index in [0.717, 1.165) is 53.3 Å². The SMILES string of the molecule is Cc1cc(C)c(NC(=O)CN(Cc2ccc3c(c2)OCO3)C2CCCC2)c(C)c1. The maximum atomic E-state index is 12.9. The van der Waals surface area contributed by atoms with Gasteiger partial charge >= 0.3 is 0 Å². The van der Waals surface area contributed by atoms with Gasteiger partial charge in [-0.15, -0.1) is 0 Å². The summed E-state index contributed by atoms with van der Waals surface area (Å²) in [4.78, 5) is 15.3. The molecule has 2 aliphatic rings. The summed E-state index contributed by atoms with van der Waals surface area (Å²) in [6, 6.07) is 10.8. The number of anilines is 1. The first-order valence-corrected chi connectivity index (χ1v) is 10.5. The molecule has 5 heteroatoms. The lowest BCUT2D eigenvalue weighted by molar-refractivity contribution is -0.118. The van der Waals surface area contributed by atoms with Gasteiger partial charge in [0.05, 0.1) is 6.54 Å². The molecule has 0 spiro atoms. The van der Waals surface area contributed by atoms with Gasteiger partial charge in [-0.3, -0.25) is 9.69 Å². The average molecular weight is 395 g/mol. The molecule has 1 amide bonds. The summed E-state index contributed by atoms with van der Waals surface area (Å²) in [7, 11) is 0. The highest BCUT2D eigenvalue weighted by Crippen LogP contribution is 2.33. The second-order valence-electron chi connectivity index (χ2n) is 8.35. The third-order valence-electron chi connectivity index (χ3n) is 5.95. The summed E-state index contributed by atoms with van der Waals surface area (Å²) >= 11 is 0. The Kier molecular flexibility index (Phi) is 5.76. The molecule has 0 aromatic heterocycles. The molecule has 0 radical (unpaired) electrons. The number of ether oxygens (including phenoxy) is 2. The first kappa shape index (κ1) is 19.8. The summed E-state index contributed by atoms with van der Waals surface area (Å²) < 4.78 is 10.9. The zero-order chi connectivity index (χ0) is 20.4. The molecule has 2 aromatic rings. The van der Waals surface area contributed by atoms with Gasteiger partial charge in [-0.05, 0) is 62.4 Å². The molecule has 1 aliphatic carbocycles. The van der Waals surface area contributed by atoms with E-state index in [4.69, 9.17) is 9.47 Å². The van der Waals surface area contributed by atoms with E-state index in [1.807, 2.05) is 12.1 Å². The molecule has 1 fully saturated rings. The Balaban J connectivity index is 1.48. The van der Waals surface area contributed by atoms with Crippen molar-refractivity contribution in [3.63, 3.8) is 0 Å². The third kappa shape index (κ3) is 4.56. The van der Waals surface area contributed by atoms with Crippen LogP contribution in [0, 0.1) is 20.8 Å². The van der Waals surface area contributed by atoms with Gasteiger partial charge in [0.1, 0.15) is 0 Å². The van der Waals surface area contributed by atoms with Crippen LogP contribution in [-0.2, 0) is 11.3 Å². The molecule has 5 nitrogen and oxygen atoms in total. The van der Waals surface area contributed by atoms with E-state index in [9.17, 15) is 4.79 Å². The van der Waals surface area contributed by atoms with E-state index in [-0.39, 0.29) is 12.7 Å². The number of rotatable bonds is 6. The Morgan fingerprint density at radius 2 is 1.72 bits per heavy atom. The van der Waals surface area contributed by atoms with Gasteiger partial charge in [-0.25, -0.2) is 0 Å². The molecule has 4 rings (SSSR count). The number of fused-ring (bicyclic) bond motifs is 1. The van der Waals surface area contributed by atoms with Crippen molar-refractivity contribution in [1.82, 2.24) is 4.90 Å². The number of benzene rings is 2. The number of aryl methyl sites for hydroxylation is 3. The van der Waals surface area contributed by atoms with Gasteiger partial charge in [0.25, 0.3) is 0 Å². The van der Waals surface area contributed by atoms with Crippen molar-refractivity contribution >= 4 is 11.6 Å². The standard InChI is InChI=1S/C24H30N2O3/c1-16-10-17(2)24(18(3)11-16)25-23(27)14-26(20-6-4-5-7-20)13-19-8-9-21-22(12-19)29-15-28-21/h8-12,20H,4-7,13-15H2,1-3H3,(H,25,27). The summed E-state index contributed by atoms with van der Waals surface area (Å²) in [5.74, 6) is 1.64. The highest BCUT2D eigenvalue weighted by Gasteiger charge is 2.25. The molecule has 1 saturated carbocycles. The predicted molar refractivity (Wildman–Crippen MR) is 115 cm³/mol. The fourth-order valence-corrected chi connectivity index (χ4v) is 4.60. The van der Waals surface area contributed by atoms with Gasteiger partial charge in [0.15, 0.2) is 11.5 Å². The number of carbonyl (C=O) groups is 1. The van der Waals surface area contributed by atoms with Crippen LogP contribution in [0.3, 0.4) is 0 Å². The van der Waals surface area contributed by atoms with Crippen LogP contribution in [0.5, 0.6) is 11.5 Å². The van der Waals surface area contributed by atoms with Crippen LogP contribution >= 0.6 is 0 Å². The maximum absolute atomic E-state index is 12.9. The van der Waals surface area contributed by atoms with Crippen LogP contribution in [0.15, 0.2) is 30.3 Å². The average Bonchev–Trinajstić information content (AvgIpc) is 3.35. The van der Waals surface area contributed by atoms with Crippen LogP contribution in [0.25, 0.3) is 0 Å². The van der Waals surface area contributed by atoms with E-state index in [2.05, 4.69) is 49.2 Å². The van der Waals surface area contributed by atoms with E-state index >= 15 is 0 Å². The van der Waals surface area contributed by atoms with Gasteiger partial charge < -0.3 is 14.8 Å². The van der Waals surface area contributed by atoms with Gasteiger partial charge in [0.2, 0.25) is 12.7 Å². The van der Waals surface area contributed by atoms with Crippen molar-refractivity contribution in [2.45, 2.75) is 59.0 Å². The van der Waals surface area contributed by atoms with Crippen LogP contribution in [-0.4, -0.2) is 30.2 Å². The Bertz CT molecular complexity index is 880. The van der Waals surface area contributed by atoms with Gasteiger partial charge in [-0.2, -0.15) is 0 Å². The van der Waals surface area contributed by atoms with Crippen LogP contribution in [0.4, 0.5) is 5.69 Å². The fourth-order valence-electron chi connectivity index (χ4n) is 4.60. The molecule has 0 bridgehead atoms. The molecule has 154 valence electrons. The van der Waals surface area contributed by atoms with E-state index in [1.165, 1.54) is 18.4 Å². The number of hydrogen-bond donors (Lipinski definition) is 1. The van der Waals surface area contributed by atoms with Gasteiger partial charge in [-0.1, -0.05) is 36.6 Å². The van der Waals surface area contributed by atoms with Crippen molar-refractivity contribution in [3.05, 3.63) is 52.6 Å². The van der Waals surface area contributed by atoms with Crippen molar-refractivity contribution in [3.8, 4) is 11.5 Å².